The van der Waals surface area contributed by atoms with E-state index in [1.807, 2.05) is 45.0 Å². The third-order valence-electron chi connectivity index (χ3n) is 33.3. The number of benzene rings is 5. The van der Waals surface area contributed by atoms with E-state index in [4.69, 9.17) is 24.2 Å². The van der Waals surface area contributed by atoms with Crippen LogP contribution in [0.4, 0.5) is 41.9 Å². The van der Waals surface area contributed by atoms with Gasteiger partial charge < -0.3 is 43.9 Å². The number of ketones is 1. The average molecular weight is 1900 g/mol. The first kappa shape index (κ1) is 102. The number of unbranched alkanes of at least 4 members (excludes halogenated alkanes) is 1. The van der Waals surface area contributed by atoms with Crippen molar-refractivity contribution in [3.8, 4) is 41.8 Å². The first-order valence-electron chi connectivity index (χ1n) is 50.2. The van der Waals surface area contributed by atoms with Crippen LogP contribution in [0.2, 0.25) is 0 Å². The van der Waals surface area contributed by atoms with Crippen molar-refractivity contribution in [1.29, 1.82) is 21.0 Å². The van der Waals surface area contributed by atoms with Crippen molar-refractivity contribution in [3.63, 3.8) is 0 Å². The van der Waals surface area contributed by atoms with E-state index in [9.17, 15) is 39.8 Å². The van der Waals surface area contributed by atoms with Gasteiger partial charge in [-0.3, -0.25) is 39.1 Å². The number of amides is 8. The summed E-state index contributed by atoms with van der Waals surface area (Å²) in [5, 5.41) is 40.4. The van der Waals surface area contributed by atoms with Gasteiger partial charge in [0.2, 0.25) is 23.4 Å². The molecule has 140 heavy (non-hydrogen) atoms. The Bertz CT molecular complexity index is 5790. The van der Waals surface area contributed by atoms with E-state index in [0.29, 0.717) is 91.8 Å². The number of carbonyl (C=O) groups excluding carboxylic acids is 5. The standard InChI is InChI=1S/C28H36N6O2.C28H34N4O2.C27H34N6O2.C27H35N5O3/c1-4-32(2)28(22-11-6-5-7-12-22)15-13-27(14-16-28)20-33(26(35)34(27)19-21-9-8-10-21)23-18-30-24(17-29)31-25(23)36-3;1-30-28(23-9-4-3-5-10-23)15-13-27(14-16-28)20-31(26(33)32(27)19-21-7-6-8-21)24-12-11-22(18-29)17-25(24)34-2;1-4-5-11-23(34)19-33-25(35)32(22-17-29-24(16-28)30-18-22)20-26(33)12-14-27(15-13-26,31(2)3)21-9-7-6-8-10-21;1-30(2)27(21-9-6-5-7-10-21)15-13-26(14-16-27)20-31(25(33)32(26)17-8-18-34-3)23-12-11-22(19-28)29-24(23)35-4/h5-7,11-12,18,21H,4,8-10,13-16,19-20H2,1-3H3;3-5,9-12,17,21,30H,6-8,13-16,19-20H2,1-2H3;6-10,17-18H,4-5,11-15,19-20H2,1-3H3;5-7,9-12H,8,13-18,20H2,1-4H3. The zero-order valence-corrected chi connectivity index (χ0v) is 83.9. The SMILES string of the molecule is CCCCC(=O)CN1C(=O)N(c2cnc(C#N)nc2)CC12CCC(c1ccccc1)(N(C)C)CC2.CCN(C)C1(c2ccccc2)CCC2(CC1)CN(c1cnc(C#N)nc1OC)C(=O)N2CC1CCC1.CNC1(c2ccccc2)CCC2(CC1)CN(c1ccc(C#N)cc1OC)C(=O)N2CC1CCC1.COCCCN1C(=O)N(c2ccc(C#N)nc2OC)CC12CCC(c1ccccc1)(N(C)C)CC2. The molecule has 10 aliphatic rings. The number of hydrogen-bond acceptors (Lipinski definition) is 22. The summed E-state index contributed by atoms with van der Waals surface area (Å²) < 4.78 is 21.9. The predicted molar refractivity (Wildman–Crippen MR) is 539 cm³/mol. The molecule has 6 aliphatic carbocycles. The Morgan fingerprint density at radius 1 is 0.450 bits per heavy atom. The molecule has 10 fully saturated rings. The highest BCUT2D eigenvalue weighted by molar-refractivity contribution is 6.00. The topological polar surface area (TPSA) is 330 Å². The number of pyridine rings is 1. The molecule has 8 aromatic rings. The number of anilines is 4. The number of aromatic nitrogens is 5. The van der Waals surface area contributed by atoms with E-state index in [2.05, 4.69) is 232 Å². The van der Waals surface area contributed by atoms with Gasteiger partial charge >= 0.3 is 24.1 Å². The van der Waals surface area contributed by atoms with Crippen LogP contribution in [-0.4, -0.2) is 248 Å². The van der Waals surface area contributed by atoms with Gasteiger partial charge in [0, 0.05) is 68.0 Å². The molecule has 1 N–H and O–H groups in total. The van der Waals surface area contributed by atoms with E-state index < -0.39 is 5.54 Å². The Balaban J connectivity index is 0.000000141. The number of methoxy groups -OCH3 is 4. The summed E-state index contributed by atoms with van der Waals surface area (Å²) in [6, 6.07) is 59.5. The highest BCUT2D eigenvalue weighted by Gasteiger charge is 2.61. The summed E-state index contributed by atoms with van der Waals surface area (Å²) in [5.41, 5.74) is 7.17. The molecule has 738 valence electrons. The lowest BCUT2D eigenvalue weighted by molar-refractivity contribution is -0.121. The summed E-state index contributed by atoms with van der Waals surface area (Å²) in [6.07, 6.45) is 29.7. The second-order valence-corrected chi connectivity index (χ2v) is 40.5. The summed E-state index contributed by atoms with van der Waals surface area (Å²) in [5.74, 6) is 2.54. The number of carbonyl (C=O) groups is 5. The molecule has 7 heterocycles. The lowest BCUT2D eigenvalue weighted by Crippen LogP contribution is -2.57. The molecule has 4 aliphatic heterocycles. The lowest BCUT2D eigenvalue weighted by Gasteiger charge is -2.52. The lowest BCUT2D eigenvalue weighted by atomic mass is 9.68. The zero-order valence-electron chi connectivity index (χ0n) is 83.9. The monoisotopic (exact) mass is 1900 g/mol. The average Bonchev–Trinajstić information content (AvgIpc) is 1.76. The smallest absolute Gasteiger partial charge is 0.325 e. The van der Waals surface area contributed by atoms with Crippen LogP contribution >= 0.6 is 0 Å². The van der Waals surface area contributed by atoms with Crippen molar-refractivity contribution < 1.29 is 42.9 Å². The Hall–Kier alpha value is -12.7. The van der Waals surface area contributed by atoms with Crippen molar-refractivity contribution >= 4 is 52.7 Å². The van der Waals surface area contributed by atoms with E-state index >= 15 is 0 Å². The molecule has 0 unspecified atom stereocenters. The molecule has 18 rings (SSSR count). The molecular formula is C110H139N21O9. The van der Waals surface area contributed by atoms with E-state index in [1.165, 1.54) is 87.4 Å². The fourth-order valence-corrected chi connectivity index (χ4v) is 24.1. The third-order valence-corrected chi connectivity index (χ3v) is 33.3. The van der Waals surface area contributed by atoms with E-state index in [0.717, 1.165) is 147 Å². The van der Waals surface area contributed by atoms with Gasteiger partial charge in [0.05, 0.1) is 118 Å². The maximum atomic E-state index is 14.0. The fraction of sp³-hybridized carbons (Fsp3) is 0.527. The van der Waals surface area contributed by atoms with E-state index in [-0.39, 0.29) is 98.4 Å². The van der Waals surface area contributed by atoms with Crippen LogP contribution in [0.3, 0.4) is 0 Å². The van der Waals surface area contributed by atoms with Gasteiger partial charge in [0.15, 0.2) is 5.78 Å². The first-order valence-corrected chi connectivity index (χ1v) is 50.2. The normalized spacial score (nSPS) is 25.5. The van der Waals surface area contributed by atoms with Crippen molar-refractivity contribution in [2.75, 3.05) is 156 Å². The van der Waals surface area contributed by atoms with Gasteiger partial charge in [-0.2, -0.15) is 26.0 Å². The quantitative estimate of drug-likeness (QED) is 0.0426. The van der Waals surface area contributed by atoms with Crippen LogP contribution in [0, 0.1) is 57.2 Å². The molecule has 8 amide bonds. The van der Waals surface area contributed by atoms with E-state index in [1.54, 1.807) is 59.4 Å². The molecule has 3 aromatic heterocycles. The zero-order chi connectivity index (χ0) is 99.2. The van der Waals surface area contributed by atoms with Gasteiger partial charge in [-0.05, 0) is 248 Å². The second-order valence-electron chi connectivity index (χ2n) is 40.5. The number of hydrogen-bond donors (Lipinski definition) is 1. The molecule has 0 radical (unpaired) electrons. The number of nitriles is 4. The van der Waals surface area contributed by atoms with Crippen LogP contribution in [0.1, 0.15) is 226 Å². The summed E-state index contributed by atoms with van der Waals surface area (Å²) in [4.78, 5) is 111. The minimum absolute atomic E-state index is 0.00423. The summed E-state index contributed by atoms with van der Waals surface area (Å²) in [7, 11) is 19.2. The highest BCUT2D eigenvalue weighted by Crippen LogP contribution is 2.56. The molecule has 30 nitrogen and oxygen atoms in total. The molecule has 4 spiro atoms. The minimum Gasteiger partial charge on any atom is -0.495 e. The highest BCUT2D eigenvalue weighted by atomic mass is 16.5. The molecule has 4 saturated heterocycles. The summed E-state index contributed by atoms with van der Waals surface area (Å²) in [6.45, 7) is 10.6. The fourth-order valence-electron chi connectivity index (χ4n) is 24.1. The number of nitrogens with one attached hydrogen (secondary N) is 1. The van der Waals surface area contributed by atoms with Crippen molar-refractivity contribution in [2.45, 2.75) is 225 Å². The Kier molecular flexibility index (Phi) is 32.0. The van der Waals surface area contributed by atoms with Crippen molar-refractivity contribution in [3.05, 3.63) is 215 Å². The van der Waals surface area contributed by atoms with Gasteiger partial charge in [0.1, 0.15) is 41.0 Å². The van der Waals surface area contributed by atoms with Crippen LogP contribution < -0.4 is 39.1 Å². The molecule has 0 atom stereocenters. The van der Waals surface area contributed by atoms with Crippen LogP contribution in [-0.2, 0) is 31.7 Å². The number of rotatable bonds is 29. The largest absolute Gasteiger partial charge is 0.495 e. The van der Waals surface area contributed by atoms with Crippen molar-refractivity contribution in [2.24, 2.45) is 11.8 Å². The van der Waals surface area contributed by atoms with Gasteiger partial charge in [-0.25, -0.2) is 39.1 Å². The molecule has 5 aromatic carbocycles. The molecular weight excluding hydrogens is 1760 g/mol. The van der Waals surface area contributed by atoms with Crippen LogP contribution in [0.15, 0.2) is 170 Å². The van der Waals surface area contributed by atoms with Gasteiger partial charge in [-0.15, -0.1) is 0 Å². The van der Waals surface area contributed by atoms with Crippen molar-refractivity contribution in [1.82, 2.24) is 64.5 Å². The van der Waals surface area contributed by atoms with Crippen LogP contribution in [0.5, 0.6) is 17.5 Å². The van der Waals surface area contributed by atoms with Crippen LogP contribution in [0.25, 0.3) is 0 Å². The number of nitrogens with zero attached hydrogens (tertiary/aromatic N) is 20. The Morgan fingerprint density at radius 3 is 1.32 bits per heavy atom. The molecule has 30 heteroatoms. The number of ether oxygens (including phenoxy) is 4. The maximum Gasteiger partial charge on any atom is 0.325 e. The first-order chi connectivity index (χ1) is 67.7. The maximum absolute atomic E-state index is 14.0. The minimum atomic E-state index is -0.429. The van der Waals surface area contributed by atoms with Gasteiger partial charge in [0.25, 0.3) is 0 Å². The van der Waals surface area contributed by atoms with Gasteiger partial charge in [-0.1, -0.05) is 154 Å². The molecule has 0 bridgehead atoms. The second kappa shape index (κ2) is 44.0. The number of Topliss-reactive ketones (excluding diaryl/α,β-unsaturated/α-hetero) is 1. The predicted octanol–water partition coefficient (Wildman–Crippen LogP) is 17.7. The number of urea groups is 4. The Labute approximate surface area is 826 Å². The molecule has 6 saturated carbocycles. The summed E-state index contributed by atoms with van der Waals surface area (Å²) >= 11 is 0. The Morgan fingerprint density at radius 2 is 0.879 bits per heavy atom. The third kappa shape index (κ3) is 20.1.